The third kappa shape index (κ3) is 7.09. The molecule has 0 radical (unpaired) electrons. The predicted octanol–water partition coefficient (Wildman–Crippen LogP) is 5.52. The molecule has 0 bridgehead atoms. The fourth-order valence-electron chi connectivity index (χ4n) is 3.71. The van der Waals surface area contributed by atoms with Crippen molar-refractivity contribution in [1.29, 1.82) is 0 Å². The van der Waals surface area contributed by atoms with Gasteiger partial charge in [-0.2, -0.15) is 0 Å². The number of halogens is 1. The van der Waals surface area contributed by atoms with E-state index in [0.717, 1.165) is 5.56 Å². The summed E-state index contributed by atoms with van der Waals surface area (Å²) in [6.45, 7) is 1.84. The van der Waals surface area contributed by atoms with Crippen LogP contribution in [0, 0.1) is 6.92 Å². The maximum Gasteiger partial charge on any atom is 0.262 e. The Labute approximate surface area is 243 Å². The molecule has 214 valence electrons. The minimum Gasteiger partial charge on any atom is -0.497 e. The first-order valence-electron chi connectivity index (χ1n) is 12.0. The number of hydrogen-bond donors (Lipinski definition) is 3. The largest absolute Gasteiger partial charge is 0.497 e. The highest BCUT2D eigenvalue weighted by Gasteiger charge is 2.19. The van der Waals surface area contributed by atoms with Crippen LogP contribution in [0.2, 0.25) is 5.02 Å². The van der Waals surface area contributed by atoms with Crippen molar-refractivity contribution in [2.24, 2.45) is 0 Å². The van der Waals surface area contributed by atoms with E-state index in [0.29, 0.717) is 11.5 Å². The van der Waals surface area contributed by atoms with Crippen LogP contribution in [0.1, 0.15) is 15.9 Å². The Morgan fingerprint density at radius 2 is 1.29 bits per heavy atom. The summed E-state index contributed by atoms with van der Waals surface area (Å²) >= 11 is 6.23. The van der Waals surface area contributed by atoms with Crippen molar-refractivity contribution >= 4 is 54.6 Å². The van der Waals surface area contributed by atoms with Gasteiger partial charge in [-0.05, 0) is 73.7 Å². The monoisotopic (exact) mass is 615 g/mol. The van der Waals surface area contributed by atoms with Crippen molar-refractivity contribution in [1.82, 2.24) is 0 Å². The number of benzene rings is 4. The molecule has 3 N–H and O–H groups in total. The van der Waals surface area contributed by atoms with E-state index in [2.05, 4.69) is 14.8 Å². The van der Waals surface area contributed by atoms with Gasteiger partial charge >= 0.3 is 0 Å². The van der Waals surface area contributed by atoms with Gasteiger partial charge in [-0.25, -0.2) is 16.8 Å². The van der Waals surface area contributed by atoms with Gasteiger partial charge in [-0.1, -0.05) is 29.3 Å². The Hall–Kier alpha value is -4.26. The highest BCUT2D eigenvalue weighted by atomic mass is 35.5. The maximum atomic E-state index is 13.0. The molecule has 4 aromatic carbocycles. The summed E-state index contributed by atoms with van der Waals surface area (Å²) in [5, 5.41) is 2.73. The summed E-state index contributed by atoms with van der Waals surface area (Å²) in [5.74, 6) is 0.118. The fourth-order valence-corrected chi connectivity index (χ4v) is 6.02. The van der Waals surface area contributed by atoms with Gasteiger partial charge in [0, 0.05) is 17.4 Å². The molecule has 0 saturated heterocycles. The van der Waals surface area contributed by atoms with Gasteiger partial charge in [0.25, 0.3) is 26.0 Å². The summed E-state index contributed by atoms with van der Waals surface area (Å²) in [6.07, 6.45) is 0. The van der Waals surface area contributed by atoms with Gasteiger partial charge in [0.05, 0.1) is 40.3 Å². The Morgan fingerprint density at radius 3 is 1.90 bits per heavy atom. The SMILES string of the molecule is COc1ccc(OC)c(NS(=O)(=O)c2ccc(NC(=O)c3cc(NS(=O)(=O)c4ccc(C)cc4)ccc3Cl)cc2)c1. The van der Waals surface area contributed by atoms with Gasteiger partial charge in [0.2, 0.25) is 0 Å². The first-order chi connectivity index (χ1) is 19.4. The Balaban J connectivity index is 1.49. The number of hydrogen-bond acceptors (Lipinski definition) is 7. The number of carbonyl (C=O) groups excluding carboxylic acids is 1. The molecule has 4 aromatic rings. The zero-order chi connectivity index (χ0) is 29.8. The molecular formula is C28H26ClN3O7S2. The van der Waals surface area contributed by atoms with E-state index in [1.807, 2.05) is 6.92 Å². The summed E-state index contributed by atoms with van der Waals surface area (Å²) in [5.41, 5.74) is 1.54. The molecule has 0 saturated carbocycles. The number of sulfonamides is 2. The number of amides is 1. The zero-order valence-electron chi connectivity index (χ0n) is 22.1. The van der Waals surface area contributed by atoms with Gasteiger partial charge in [0.1, 0.15) is 11.5 Å². The van der Waals surface area contributed by atoms with E-state index in [1.54, 1.807) is 24.3 Å². The van der Waals surface area contributed by atoms with Crippen molar-refractivity contribution < 1.29 is 31.1 Å². The second kappa shape index (κ2) is 12.1. The number of anilines is 3. The highest BCUT2D eigenvalue weighted by molar-refractivity contribution is 7.93. The molecule has 41 heavy (non-hydrogen) atoms. The normalized spacial score (nSPS) is 11.4. The van der Waals surface area contributed by atoms with E-state index in [1.165, 1.54) is 74.9 Å². The van der Waals surface area contributed by atoms with E-state index in [9.17, 15) is 21.6 Å². The summed E-state index contributed by atoms with van der Waals surface area (Å²) < 4.78 is 66.7. The third-order valence-electron chi connectivity index (χ3n) is 5.87. The number of aryl methyl sites for hydroxylation is 1. The number of methoxy groups -OCH3 is 2. The summed E-state index contributed by atoms with van der Waals surface area (Å²) in [4.78, 5) is 13.0. The molecule has 1 amide bonds. The lowest BCUT2D eigenvalue weighted by molar-refractivity contribution is 0.102. The molecular weight excluding hydrogens is 590 g/mol. The molecule has 4 rings (SSSR count). The number of carbonyl (C=O) groups is 1. The second-order valence-corrected chi connectivity index (χ2v) is 12.5. The lowest BCUT2D eigenvalue weighted by Crippen LogP contribution is -2.16. The molecule has 0 unspecified atom stereocenters. The van der Waals surface area contributed by atoms with Gasteiger partial charge < -0.3 is 14.8 Å². The molecule has 0 fully saturated rings. The van der Waals surface area contributed by atoms with Crippen molar-refractivity contribution in [3.05, 3.63) is 101 Å². The number of rotatable bonds is 10. The minimum absolute atomic E-state index is 0.0132. The van der Waals surface area contributed by atoms with Crippen LogP contribution < -0.4 is 24.2 Å². The van der Waals surface area contributed by atoms with Crippen LogP contribution in [0.15, 0.2) is 94.7 Å². The molecule has 0 aliphatic heterocycles. The topological polar surface area (TPSA) is 140 Å². The van der Waals surface area contributed by atoms with Crippen LogP contribution in [0.3, 0.4) is 0 Å². The first kappa shape index (κ1) is 29.7. The molecule has 0 aliphatic carbocycles. The smallest absolute Gasteiger partial charge is 0.262 e. The number of nitrogens with one attached hydrogen (secondary N) is 3. The van der Waals surface area contributed by atoms with Crippen LogP contribution in [0.5, 0.6) is 11.5 Å². The van der Waals surface area contributed by atoms with Gasteiger partial charge in [-0.15, -0.1) is 0 Å². The molecule has 0 spiro atoms. The van der Waals surface area contributed by atoms with E-state index in [-0.39, 0.29) is 37.4 Å². The second-order valence-electron chi connectivity index (χ2n) is 8.76. The summed E-state index contributed by atoms with van der Waals surface area (Å²) in [6, 6.07) is 20.6. The minimum atomic E-state index is -4.01. The van der Waals surface area contributed by atoms with Crippen LogP contribution in [0.4, 0.5) is 17.1 Å². The molecule has 0 heterocycles. The molecule has 0 atom stereocenters. The average Bonchev–Trinajstić information content (AvgIpc) is 2.94. The fraction of sp³-hybridized carbons (Fsp3) is 0.107. The molecule has 10 nitrogen and oxygen atoms in total. The lowest BCUT2D eigenvalue weighted by atomic mass is 10.2. The van der Waals surface area contributed by atoms with Crippen molar-refractivity contribution in [2.75, 3.05) is 29.0 Å². The van der Waals surface area contributed by atoms with Crippen LogP contribution in [-0.2, 0) is 20.0 Å². The maximum absolute atomic E-state index is 13.0. The lowest BCUT2D eigenvalue weighted by Gasteiger charge is -2.14. The Kier molecular flexibility index (Phi) is 8.76. The molecule has 0 aliphatic rings. The van der Waals surface area contributed by atoms with Crippen LogP contribution in [-0.4, -0.2) is 37.0 Å². The molecule has 0 aromatic heterocycles. The van der Waals surface area contributed by atoms with E-state index in [4.69, 9.17) is 21.1 Å². The first-order valence-corrected chi connectivity index (χ1v) is 15.3. The zero-order valence-corrected chi connectivity index (χ0v) is 24.5. The Morgan fingerprint density at radius 1 is 0.707 bits per heavy atom. The van der Waals surface area contributed by atoms with E-state index < -0.39 is 26.0 Å². The number of ether oxygens (including phenoxy) is 2. The van der Waals surface area contributed by atoms with Crippen LogP contribution >= 0.6 is 11.6 Å². The molecule has 13 heteroatoms. The van der Waals surface area contributed by atoms with E-state index >= 15 is 0 Å². The standard InChI is InChI=1S/C28H26ClN3O7S2/c1-18-4-10-22(11-5-18)40(34,35)31-20-8-14-25(29)24(16-20)28(33)30-19-6-12-23(13-7-19)41(36,37)32-26-17-21(38-2)9-15-27(26)39-3/h4-17,31-32H,1-3H3,(H,30,33). The predicted molar refractivity (Wildman–Crippen MR) is 158 cm³/mol. The Bertz CT molecular complexity index is 1790. The van der Waals surface area contributed by atoms with Crippen molar-refractivity contribution in [3.8, 4) is 11.5 Å². The van der Waals surface area contributed by atoms with Gasteiger partial charge in [-0.3, -0.25) is 14.2 Å². The van der Waals surface area contributed by atoms with Crippen molar-refractivity contribution in [2.45, 2.75) is 16.7 Å². The van der Waals surface area contributed by atoms with Crippen LogP contribution in [0.25, 0.3) is 0 Å². The van der Waals surface area contributed by atoms with Crippen molar-refractivity contribution in [3.63, 3.8) is 0 Å². The quantitative estimate of drug-likeness (QED) is 0.213. The highest BCUT2D eigenvalue weighted by Crippen LogP contribution is 2.31. The average molecular weight is 616 g/mol. The van der Waals surface area contributed by atoms with Gasteiger partial charge in [0.15, 0.2) is 0 Å². The summed E-state index contributed by atoms with van der Waals surface area (Å²) in [7, 11) is -5.03. The third-order valence-corrected chi connectivity index (χ3v) is 8.98.